The van der Waals surface area contributed by atoms with E-state index in [4.69, 9.17) is 4.74 Å². The molecule has 2 N–H and O–H groups in total. The predicted octanol–water partition coefficient (Wildman–Crippen LogP) is 2.71. The van der Waals surface area contributed by atoms with Crippen molar-refractivity contribution in [2.75, 3.05) is 7.11 Å². The summed E-state index contributed by atoms with van der Waals surface area (Å²) in [6, 6.07) is 13.4. The lowest BCUT2D eigenvalue weighted by molar-refractivity contribution is -0.133. The van der Waals surface area contributed by atoms with Crippen molar-refractivity contribution in [3.63, 3.8) is 0 Å². The fourth-order valence-corrected chi connectivity index (χ4v) is 2.68. The number of aryl methyl sites for hydroxylation is 1. The molecule has 1 atom stereocenters. The van der Waals surface area contributed by atoms with Crippen molar-refractivity contribution in [3.05, 3.63) is 70.8 Å². The van der Waals surface area contributed by atoms with Crippen LogP contribution < -0.4 is 10.1 Å². The van der Waals surface area contributed by atoms with Gasteiger partial charge < -0.3 is 15.2 Å². The van der Waals surface area contributed by atoms with Gasteiger partial charge in [0.15, 0.2) is 0 Å². The maximum atomic E-state index is 12.2. The molecule has 1 heterocycles. The molecule has 0 aliphatic carbocycles. The molecule has 0 bridgehead atoms. The second kappa shape index (κ2) is 6.20. The number of ether oxygens (including phenoxy) is 1. The van der Waals surface area contributed by atoms with Crippen LogP contribution in [0.5, 0.6) is 5.75 Å². The zero-order valence-corrected chi connectivity index (χ0v) is 13.4. The third kappa shape index (κ3) is 2.76. The van der Waals surface area contributed by atoms with E-state index in [-0.39, 0.29) is 11.3 Å². The lowest BCUT2D eigenvalue weighted by Crippen LogP contribution is -2.21. The van der Waals surface area contributed by atoms with Crippen molar-refractivity contribution in [1.82, 2.24) is 5.32 Å². The number of carbonyl (C=O) groups is 2. The topological polar surface area (TPSA) is 75.6 Å². The van der Waals surface area contributed by atoms with Crippen LogP contribution in [0.3, 0.4) is 0 Å². The molecule has 1 fully saturated rings. The smallest absolute Gasteiger partial charge is 0.293 e. The third-order valence-corrected chi connectivity index (χ3v) is 4.04. The van der Waals surface area contributed by atoms with Crippen LogP contribution in [-0.2, 0) is 9.59 Å². The number of nitrogens with one attached hydrogen (secondary N) is 1. The van der Waals surface area contributed by atoms with Crippen LogP contribution in [0.4, 0.5) is 0 Å². The Morgan fingerprint density at radius 1 is 1.04 bits per heavy atom. The summed E-state index contributed by atoms with van der Waals surface area (Å²) in [5.74, 6) is -0.991. The van der Waals surface area contributed by atoms with E-state index in [1.54, 1.807) is 31.4 Å². The molecule has 24 heavy (non-hydrogen) atoms. The number of amides is 1. The molecule has 3 rings (SSSR count). The van der Waals surface area contributed by atoms with Crippen molar-refractivity contribution >= 4 is 17.4 Å². The summed E-state index contributed by atoms with van der Waals surface area (Å²) in [5, 5.41) is 13.2. The molecular weight excluding hydrogens is 306 g/mol. The monoisotopic (exact) mass is 323 g/mol. The number of ketones is 1. The fourth-order valence-electron chi connectivity index (χ4n) is 2.68. The van der Waals surface area contributed by atoms with E-state index >= 15 is 0 Å². The highest BCUT2D eigenvalue weighted by atomic mass is 16.5. The number of rotatable bonds is 3. The van der Waals surface area contributed by atoms with E-state index < -0.39 is 17.7 Å². The molecule has 2 aromatic rings. The lowest BCUT2D eigenvalue weighted by Gasteiger charge is -2.14. The molecule has 1 amide bonds. The first kappa shape index (κ1) is 15.8. The molecule has 0 unspecified atom stereocenters. The van der Waals surface area contributed by atoms with Crippen molar-refractivity contribution in [3.8, 4) is 5.75 Å². The minimum Gasteiger partial charge on any atom is -0.507 e. The maximum absolute atomic E-state index is 12.2. The largest absolute Gasteiger partial charge is 0.507 e. The second-order valence-electron chi connectivity index (χ2n) is 5.64. The van der Waals surface area contributed by atoms with Crippen molar-refractivity contribution < 1.29 is 19.4 Å². The summed E-state index contributed by atoms with van der Waals surface area (Å²) in [4.78, 5) is 24.1. The van der Waals surface area contributed by atoms with E-state index in [1.807, 2.05) is 31.2 Å². The first-order valence-electron chi connectivity index (χ1n) is 7.50. The van der Waals surface area contributed by atoms with Gasteiger partial charge in [0, 0.05) is 5.56 Å². The second-order valence-corrected chi connectivity index (χ2v) is 5.64. The van der Waals surface area contributed by atoms with Gasteiger partial charge >= 0.3 is 0 Å². The van der Waals surface area contributed by atoms with Crippen molar-refractivity contribution in [2.24, 2.45) is 0 Å². The fraction of sp³-hybridized carbons (Fsp3) is 0.158. The summed E-state index contributed by atoms with van der Waals surface area (Å²) in [6.07, 6.45) is 0. The molecule has 5 heteroatoms. The van der Waals surface area contributed by atoms with Crippen LogP contribution >= 0.6 is 0 Å². The van der Waals surface area contributed by atoms with Crippen molar-refractivity contribution in [2.45, 2.75) is 13.0 Å². The zero-order chi connectivity index (χ0) is 17.3. The molecule has 0 saturated carbocycles. The average molecular weight is 323 g/mol. The Bertz CT molecular complexity index is 819. The van der Waals surface area contributed by atoms with E-state index in [0.717, 1.165) is 11.1 Å². The Balaban J connectivity index is 2.07. The number of benzene rings is 2. The minimum absolute atomic E-state index is 0.0639. The molecule has 1 saturated heterocycles. The Labute approximate surface area is 139 Å². The van der Waals surface area contributed by atoms with Crippen LogP contribution in [0.15, 0.2) is 54.1 Å². The quantitative estimate of drug-likeness (QED) is 0.517. The van der Waals surface area contributed by atoms with Gasteiger partial charge in [-0.15, -0.1) is 0 Å². The number of carbonyl (C=O) groups excluding carboxylic acids is 2. The number of Topliss-reactive ketones (excluding diaryl/α,β-unsaturated/α-hetero) is 1. The molecular formula is C19H17NO4. The summed E-state index contributed by atoms with van der Waals surface area (Å²) >= 11 is 0. The van der Waals surface area contributed by atoms with Gasteiger partial charge in [0.25, 0.3) is 11.7 Å². The molecule has 122 valence electrons. The molecule has 0 aromatic heterocycles. The van der Waals surface area contributed by atoms with Crippen LogP contribution in [0.1, 0.15) is 22.7 Å². The maximum Gasteiger partial charge on any atom is 0.293 e. The normalized spacial score (nSPS) is 19.2. The van der Waals surface area contributed by atoms with Gasteiger partial charge in [0.2, 0.25) is 0 Å². The zero-order valence-electron chi connectivity index (χ0n) is 13.4. The summed E-state index contributed by atoms with van der Waals surface area (Å²) in [7, 11) is 1.55. The van der Waals surface area contributed by atoms with Gasteiger partial charge in [0.05, 0.1) is 18.7 Å². The van der Waals surface area contributed by atoms with Gasteiger partial charge in [-0.2, -0.15) is 0 Å². The highest BCUT2D eigenvalue weighted by Gasteiger charge is 2.39. The average Bonchev–Trinajstić information content (AvgIpc) is 2.90. The van der Waals surface area contributed by atoms with Crippen LogP contribution in [0, 0.1) is 6.92 Å². The van der Waals surface area contributed by atoms with Crippen LogP contribution in [-0.4, -0.2) is 23.9 Å². The van der Waals surface area contributed by atoms with Crippen LogP contribution in [0.25, 0.3) is 5.76 Å². The third-order valence-electron chi connectivity index (χ3n) is 4.04. The standard InChI is InChI=1S/C19H17NO4/c1-11-3-5-12(6-4-11)16-15(18(22)19(23)20-16)17(21)13-7-9-14(24-2)10-8-13/h3-10,16,21H,1-2H3,(H,20,23)/b17-15+/t16-/m1/s1. The Hall–Kier alpha value is -3.08. The first-order chi connectivity index (χ1) is 11.5. The Morgan fingerprint density at radius 2 is 1.67 bits per heavy atom. The number of aliphatic hydroxyl groups excluding tert-OH is 1. The van der Waals surface area contributed by atoms with Crippen LogP contribution in [0.2, 0.25) is 0 Å². The minimum atomic E-state index is -0.714. The first-order valence-corrected chi connectivity index (χ1v) is 7.50. The van der Waals surface area contributed by atoms with E-state index in [0.29, 0.717) is 11.3 Å². The predicted molar refractivity (Wildman–Crippen MR) is 89.6 cm³/mol. The summed E-state index contributed by atoms with van der Waals surface area (Å²) < 4.78 is 5.08. The lowest BCUT2D eigenvalue weighted by atomic mass is 9.95. The Morgan fingerprint density at radius 3 is 2.25 bits per heavy atom. The molecule has 0 spiro atoms. The van der Waals surface area contributed by atoms with Gasteiger partial charge in [-0.25, -0.2) is 0 Å². The highest BCUT2D eigenvalue weighted by molar-refractivity contribution is 6.46. The number of methoxy groups -OCH3 is 1. The molecule has 1 aliphatic rings. The number of hydrogen-bond acceptors (Lipinski definition) is 4. The molecule has 5 nitrogen and oxygen atoms in total. The van der Waals surface area contributed by atoms with E-state index in [2.05, 4.69) is 5.32 Å². The molecule has 0 radical (unpaired) electrons. The van der Waals surface area contributed by atoms with Gasteiger partial charge in [-0.1, -0.05) is 29.8 Å². The highest BCUT2D eigenvalue weighted by Crippen LogP contribution is 2.33. The van der Waals surface area contributed by atoms with E-state index in [1.165, 1.54) is 0 Å². The van der Waals surface area contributed by atoms with Gasteiger partial charge in [-0.05, 0) is 36.8 Å². The van der Waals surface area contributed by atoms with Crippen molar-refractivity contribution in [1.29, 1.82) is 0 Å². The van der Waals surface area contributed by atoms with Gasteiger partial charge in [0.1, 0.15) is 11.5 Å². The molecule has 2 aromatic carbocycles. The van der Waals surface area contributed by atoms with E-state index in [9.17, 15) is 14.7 Å². The van der Waals surface area contributed by atoms with Gasteiger partial charge in [-0.3, -0.25) is 9.59 Å². The summed E-state index contributed by atoms with van der Waals surface area (Å²) in [5.41, 5.74) is 2.33. The summed E-state index contributed by atoms with van der Waals surface area (Å²) in [6.45, 7) is 1.95. The SMILES string of the molecule is COc1ccc(/C(O)=C2\C(=O)C(=O)N[C@@H]2c2ccc(C)cc2)cc1. The number of aliphatic hydroxyl groups is 1. The molecule has 1 aliphatic heterocycles. The Kier molecular flexibility index (Phi) is 4.08. The number of hydrogen-bond donors (Lipinski definition) is 2.